The topological polar surface area (TPSA) is 69.6 Å². The molecule has 2 rings (SSSR count). The van der Waals surface area contributed by atoms with Crippen LogP contribution in [0.25, 0.3) is 0 Å². The number of halogens is 1. The maximum Gasteiger partial charge on any atom is 0.259 e. The molecule has 0 radical (unpaired) electrons. The van der Waals surface area contributed by atoms with Gasteiger partial charge in [0.2, 0.25) is 0 Å². The Hall–Kier alpha value is -1.60. The fraction of sp³-hybridized carbons (Fsp3) is 0.133. The van der Waals surface area contributed by atoms with Crippen molar-refractivity contribution < 1.29 is 15.0 Å². The van der Waals surface area contributed by atoms with Crippen molar-refractivity contribution in [1.29, 1.82) is 0 Å². The number of carbonyl (C=O) groups excluding carboxylic acids is 1. The number of rotatable bonds is 3. The molecule has 0 aliphatic rings. The minimum atomic E-state index is -0.684. The van der Waals surface area contributed by atoms with Gasteiger partial charge < -0.3 is 15.5 Å². The monoisotopic (exact) mass is 383 g/mol. The van der Waals surface area contributed by atoms with Gasteiger partial charge in [0.15, 0.2) is 0 Å². The minimum Gasteiger partial charge on any atom is -0.507 e. The third-order valence-corrected chi connectivity index (χ3v) is 3.53. The van der Waals surface area contributed by atoms with E-state index < -0.39 is 12.0 Å². The van der Waals surface area contributed by atoms with Crippen LogP contribution >= 0.6 is 22.6 Å². The average molecular weight is 383 g/mol. The largest absolute Gasteiger partial charge is 0.507 e. The summed E-state index contributed by atoms with van der Waals surface area (Å²) in [5.74, 6) is -0.480. The molecule has 5 heteroatoms. The Morgan fingerprint density at radius 1 is 1.25 bits per heavy atom. The summed E-state index contributed by atoms with van der Waals surface area (Å²) in [4.78, 5) is 12.2. The predicted octanol–water partition coefficient (Wildman–Crippen LogP) is 3.30. The Kier molecular flexibility index (Phi) is 4.61. The third kappa shape index (κ3) is 3.29. The highest BCUT2D eigenvalue weighted by Gasteiger charge is 2.14. The normalized spacial score (nSPS) is 11.9. The predicted molar refractivity (Wildman–Crippen MR) is 85.9 cm³/mol. The second-order valence-electron chi connectivity index (χ2n) is 4.38. The molecule has 104 valence electrons. The highest BCUT2D eigenvalue weighted by molar-refractivity contribution is 14.1. The van der Waals surface area contributed by atoms with Crippen LogP contribution in [-0.4, -0.2) is 16.1 Å². The number of aliphatic hydroxyl groups is 1. The van der Waals surface area contributed by atoms with Gasteiger partial charge in [-0.25, -0.2) is 0 Å². The van der Waals surface area contributed by atoms with Crippen molar-refractivity contribution in [2.75, 3.05) is 5.32 Å². The lowest BCUT2D eigenvalue weighted by molar-refractivity contribution is 0.102. The fourth-order valence-electron chi connectivity index (χ4n) is 1.85. The number of carbonyl (C=O) groups is 1. The van der Waals surface area contributed by atoms with E-state index in [0.29, 0.717) is 11.3 Å². The number of aliphatic hydroxyl groups excluding tert-OH is 1. The van der Waals surface area contributed by atoms with Crippen LogP contribution in [0, 0.1) is 3.57 Å². The standard InChI is InChI=1S/C15H14INO3/c1-9(18)11-4-2-3-5-13(11)17-15(20)12-8-10(16)6-7-14(12)19/h2-9,18-19H,1H3,(H,17,20). The van der Waals surface area contributed by atoms with Crippen LogP contribution < -0.4 is 5.32 Å². The lowest BCUT2D eigenvalue weighted by atomic mass is 10.1. The van der Waals surface area contributed by atoms with Gasteiger partial charge in [0.25, 0.3) is 5.91 Å². The number of hydrogen-bond donors (Lipinski definition) is 3. The lowest BCUT2D eigenvalue weighted by Gasteiger charge is -2.13. The van der Waals surface area contributed by atoms with Crippen LogP contribution in [0.1, 0.15) is 28.9 Å². The number of anilines is 1. The molecule has 2 aromatic rings. The molecule has 0 saturated carbocycles. The smallest absolute Gasteiger partial charge is 0.259 e. The first-order chi connectivity index (χ1) is 9.49. The van der Waals surface area contributed by atoms with Gasteiger partial charge in [-0.15, -0.1) is 0 Å². The van der Waals surface area contributed by atoms with Gasteiger partial charge >= 0.3 is 0 Å². The van der Waals surface area contributed by atoms with Crippen LogP contribution in [0.5, 0.6) is 5.75 Å². The summed E-state index contributed by atoms with van der Waals surface area (Å²) in [6, 6.07) is 11.8. The summed E-state index contributed by atoms with van der Waals surface area (Å²) in [6.45, 7) is 1.63. The Morgan fingerprint density at radius 2 is 1.95 bits per heavy atom. The second-order valence-corrected chi connectivity index (χ2v) is 5.62. The quantitative estimate of drug-likeness (QED) is 0.713. The van der Waals surface area contributed by atoms with Gasteiger partial charge in [0.1, 0.15) is 5.75 Å². The molecule has 0 spiro atoms. The Labute approximate surface area is 130 Å². The first-order valence-corrected chi connectivity index (χ1v) is 7.14. The molecule has 0 aliphatic heterocycles. The molecular weight excluding hydrogens is 369 g/mol. The van der Waals surface area contributed by atoms with Crippen molar-refractivity contribution in [3.63, 3.8) is 0 Å². The summed E-state index contributed by atoms with van der Waals surface area (Å²) in [5.41, 5.74) is 1.37. The van der Waals surface area contributed by atoms with E-state index >= 15 is 0 Å². The van der Waals surface area contributed by atoms with E-state index in [0.717, 1.165) is 3.57 Å². The SMILES string of the molecule is CC(O)c1ccccc1NC(=O)c1cc(I)ccc1O. The van der Waals surface area contributed by atoms with Crippen molar-refractivity contribution in [2.45, 2.75) is 13.0 Å². The molecule has 0 bridgehead atoms. The summed E-state index contributed by atoms with van der Waals surface area (Å²) in [6.07, 6.45) is -0.684. The van der Waals surface area contributed by atoms with Crippen molar-refractivity contribution in [2.24, 2.45) is 0 Å². The zero-order valence-electron chi connectivity index (χ0n) is 10.8. The van der Waals surface area contributed by atoms with E-state index in [2.05, 4.69) is 27.9 Å². The van der Waals surface area contributed by atoms with Gasteiger partial charge in [-0.3, -0.25) is 4.79 Å². The fourth-order valence-corrected chi connectivity index (χ4v) is 2.35. The molecule has 1 amide bonds. The molecule has 20 heavy (non-hydrogen) atoms. The van der Waals surface area contributed by atoms with Crippen molar-refractivity contribution in [1.82, 2.24) is 0 Å². The number of benzene rings is 2. The molecule has 1 unspecified atom stereocenters. The third-order valence-electron chi connectivity index (χ3n) is 2.86. The van der Waals surface area contributed by atoms with E-state index in [9.17, 15) is 15.0 Å². The van der Waals surface area contributed by atoms with E-state index in [4.69, 9.17) is 0 Å². The lowest BCUT2D eigenvalue weighted by Crippen LogP contribution is -2.14. The maximum atomic E-state index is 12.2. The van der Waals surface area contributed by atoms with Gasteiger partial charge in [-0.2, -0.15) is 0 Å². The van der Waals surface area contributed by atoms with Crippen LogP contribution in [0.15, 0.2) is 42.5 Å². The van der Waals surface area contributed by atoms with Gasteiger partial charge in [-0.05, 0) is 53.8 Å². The Bertz CT molecular complexity index is 641. The summed E-state index contributed by atoms with van der Waals surface area (Å²) < 4.78 is 0.856. The molecule has 0 aliphatic carbocycles. The highest BCUT2D eigenvalue weighted by Crippen LogP contribution is 2.25. The zero-order chi connectivity index (χ0) is 14.7. The number of phenols is 1. The van der Waals surface area contributed by atoms with Crippen molar-refractivity contribution >= 4 is 34.2 Å². The molecule has 0 saturated heterocycles. The molecule has 0 fully saturated rings. The molecule has 4 nitrogen and oxygen atoms in total. The number of phenolic OH excluding ortho intramolecular Hbond substituents is 1. The van der Waals surface area contributed by atoms with Crippen LogP contribution in [0.2, 0.25) is 0 Å². The zero-order valence-corrected chi connectivity index (χ0v) is 13.0. The Morgan fingerprint density at radius 3 is 2.65 bits per heavy atom. The molecule has 0 aromatic heterocycles. The van der Waals surface area contributed by atoms with Crippen molar-refractivity contribution in [3.8, 4) is 5.75 Å². The number of hydrogen-bond acceptors (Lipinski definition) is 3. The number of amides is 1. The van der Waals surface area contributed by atoms with E-state index in [1.54, 1.807) is 43.3 Å². The molecule has 0 heterocycles. The van der Waals surface area contributed by atoms with Crippen LogP contribution in [-0.2, 0) is 0 Å². The number of aromatic hydroxyl groups is 1. The van der Waals surface area contributed by atoms with Crippen molar-refractivity contribution in [3.05, 3.63) is 57.2 Å². The average Bonchev–Trinajstić information content (AvgIpc) is 2.41. The molecule has 3 N–H and O–H groups in total. The van der Waals surface area contributed by atoms with Gasteiger partial charge in [0.05, 0.1) is 11.7 Å². The van der Waals surface area contributed by atoms with Gasteiger partial charge in [0, 0.05) is 14.8 Å². The molecule has 1 atom stereocenters. The van der Waals surface area contributed by atoms with Gasteiger partial charge in [-0.1, -0.05) is 18.2 Å². The van der Waals surface area contributed by atoms with E-state index in [1.807, 2.05) is 0 Å². The maximum absolute atomic E-state index is 12.2. The van der Waals surface area contributed by atoms with E-state index in [1.165, 1.54) is 6.07 Å². The van der Waals surface area contributed by atoms with E-state index in [-0.39, 0.29) is 11.3 Å². The molecule has 2 aromatic carbocycles. The molecular formula is C15H14INO3. The summed E-state index contributed by atoms with van der Waals surface area (Å²) in [7, 11) is 0. The highest BCUT2D eigenvalue weighted by atomic mass is 127. The Balaban J connectivity index is 2.31. The first-order valence-electron chi connectivity index (χ1n) is 6.06. The first kappa shape index (κ1) is 14.8. The number of para-hydroxylation sites is 1. The summed E-state index contributed by atoms with van der Waals surface area (Å²) in [5, 5.41) is 22.1. The summed E-state index contributed by atoms with van der Waals surface area (Å²) >= 11 is 2.07. The van der Waals surface area contributed by atoms with Crippen LogP contribution in [0.3, 0.4) is 0 Å². The number of nitrogens with one attached hydrogen (secondary N) is 1. The minimum absolute atomic E-state index is 0.0718. The second kappa shape index (κ2) is 6.23. The van der Waals surface area contributed by atoms with Crippen LogP contribution in [0.4, 0.5) is 5.69 Å².